The smallest absolute Gasteiger partial charge is 0.0990 e. The SMILES string of the molecule is CCCNC1CC(OCC2CCOCC2)C1OCC. The first kappa shape index (κ1) is 15.2. The van der Waals surface area contributed by atoms with Crippen molar-refractivity contribution in [3.8, 4) is 0 Å². The van der Waals surface area contributed by atoms with Crippen molar-refractivity contribution in [1.82, 2.24) is 5.32 Å². The Hall–Kier alpha value is -0.160. The molecule has 112 valence electrons. The maximum absolute atomic E-state index is 6.07. The van der Waals surface area contributed by atoms with Crippen molar-refractivity contribution in [2.24, 2.45) is 5.92 Å². The fraction of sp³-hybridized carbons (Fsp3) is 1.00. The summed E-state index contributed by atoms with van der Waals surface area (Å²) in [6, 6.07) is 0.486. The van der Waals surface area contributed by atoms with Gasteiger partial charge in [-0.1, -0.05) is 6.92 Å². The molecule has 1 saturated heterocycles. The second kappa shape index (κ2) is 8.20. The molecule has 0 spiro atoms. The van der Waals surface area contributed by atoms with E-state index in [1.807, 2.05) is 0 Å². The molecule has 4 nitrogen and oxygen atoms in total. The Labute approximate surface area is 117 Å². The maximum atomic E-state index is 6.07. The average Bonchev–Trinajstić information content (AvgIpc) is 2.44. The first-order valence-electron chi connectivity index (χ1n) is 7.89. The van der Waals surface area contributed by atoms with Gasteiger partial charge in [0, 0.05) is 25.9 Å². The Morgan fingerprint density at radius 2 is 1.95 bits per heavy atom. The Morgan fingerprint density at radius 1 is 1.16 bits per heavy atom. The van der Waals surface area contributed by atoms with Gasteiger partial charge in [-0.3, -0.25) is 0 Å². The number of rotatable bonds is 8. The van der Waals surface area contributed by atoms with Gasteiger partial charge in [-0.05, 0) is 45.1 Å². The Bertz CT molecular complexity index is 244. The van der Waals surface area contributed by atoms with Gasteiger partial charge in [-0.15, -0.1) is 0 Å². The molecular formula is C15H29NO3. The van der Waals surface area contributed by atoms with Crippen molar-refractivity contribution in [3.05, 3.63) is 0 Å². The summed E-state index contributed by atoms with van der Waals surface area (Å²) < 4.78 is 17.3. The van der Waals surface area contributed by atoms with Crippen molar-refractivity contribution < 1.29 is 14.2 Å². The lowest BCUT2D eigenvalue weighted by atomic mass is 9.85. The van der Waals surface area contributed by atoms with Crippen molar-refractivity contribution in [1.29, 1.82) is 0 Å². The normalized spacial score (nSPS) is 32.2. The van der Waals surface area contributed by atoms with Crippen LogP contribution in [0.2, 0.25) is 0 Å². The standard InChI is InChI=1S/C15H29NO3/c1-3-7-16-13-10-14(15(13)18-4-2)19-11-12-5-8-17-9-6-12/h12-16H,3-11H2,1-2H3. The van der Waals surface area contributed by atoms with E-state index in [9.17, 15) is 0 Å². The number of ether oxygens (including phenoxy) is 3. The van der Waals surface area contributed by atoms with Gasteiger partial charge in [0.1, 0.15) is 0 Å². The fourth-order valence-electron chi connectivity index (χ4n) is 2.86. The van der Waals surface area contributed by atoms with Gasteiger partial charge in [-0.2, -0.15) is 0 Å². The minimum atomic E-state index is 0.247. The number of hydrogen-bond donors (Lipinski definition) is 1. The lowest BCUT2D eigenvalue weighted by molar-refractivity contribution is -0.153. The molecule has 19 heavy (non-hydrogen) atoms. The molecule has 2 fully saturated rings. The van der Waals surface area contributed by atoms with E-state index in [-0.39, 0.29) is 12.2 Å². The third-order valence-electron chi connectivity index (χ3n) is 4.15. The average molecular weight is 271 g/mol. The van der Waals surface area contributed by atoms with Crippen LogP contribution in [0.3, 0.4) is 0 Å². The van der Waals surface area contributed by atoms with Gasteiger partial charge in [0.2, 0.25) is 0 Å². The van der Waals surface area contributed by atoms with E-state index >= 15 is 0 Å². The summed E-state index contributed by atoms with van der Waals surface area (Å²) in [5.74, 6) is 0.679. The molecule has 3 atom stereocenters. The lowest BCUT2D eigenvalue weighted by Crippen LogP contribution is -2.60. The Kier molecular flexibility index (Phi) is 6.57. The Balaban J connectivity index is 1.67. The molecule has 3 unspecified atom stereocenters. The van der Waals surface area contributed by atoms with E-state index in [0.29, 0.717) is 12.0 Å². The summed E-state index contributed by atoms with van der Waals surface area (Å²) in [4.78, 5) is 0. The summed E-state index contributed by atoms with van der Waals surface area (Å²) >= 11 is 0. The third-order valence-corrected chi connectivity index (χ3v) is 4.15. The van der Waals surface area contributed by atoms with Crippen molar-refractivity contribution in [3.63, 3.8) is 0 Å². The summed E-state index contributed by atoms with van der Waals surface area (Å²) in [7, 11) is 0. The topological polar surface area (TPSA) is 39.7 Å². The molecule has 0 amide bonds. The van der Waals surface area contributed by atoms with Crippen molar-refractivity contribution in [2.75, 3.05) is 33.0 Å². The molecular weight excluding hydrogens is 242 g/mol. The van der Waals surface area contributed by atoms with Gasteiger partial charge < -0.3 is 19.5 Å². The molecule has 1 heterocycles. The zero-order chi connectivity index (χ0) is 13.5. The summed E-state index contributed by atoms with van der Waals surface area (Å²) in [5, 5.41) is 3.55. The van der Waals surface area contributed by atoms with Crippen LogP contribution in [0.4, 0.5) is 0 Å². The molecule has 1 aliphatic carbocycles. The van der Waals surface area contributed by atoms with Gasteiger partial charge in [0.05, 0.1) is 18.8 Å². The molecule has 1 saturated carbocycles. The first-order chi connectivity index (χ1) is 9.35. The van der Waals surface area contributed by atoms with E-state index in [4.69, 9.17) is 14.2 Å². The van der Waals surface area contributed by atoms with Gasteiger partial charge in [0.15, 0.2) is 0 Å². The van der Waals surface area contributed by atoms with Gasteiger partial charge in [-0.25, -0.2) is 0 Å². The van der Waals surface area contributed by atoms with Gasteiger partial charge in [0.25, 0.3) is 0 Å². The molecule has 1 N–H and O–H groups in total. The monoisotopic (exact) mass is 271 g/mol. The Morgan fingerprint density at radius 3 is 2.63 bits per heavy atom. The highest BCUT2D eigenvalue weighted by Crippen LogP contribution is 2.29. The largest absolute Gasteiger partial charge is 0.381 e. The van der Waals surface area contributed by atoms with E-state index in [2.05, 4.69) is 19.2 Å². The van der Waals surface area contributed by atoms with E-state index in [0.717, 1.165) is 52.2 Å². The molecule has 0 bridgehead atoms. The number of nitrogens with one attached hydrogen (secondary N) is 1. The van der Waals surface area contributed by atoms with Crippen molar-refractivity contribution >= 4 is 0 Å². The molecule has 2 aliphatic rings. The molecule has 0 aromatic heterocycles. The highest BCUT2D eigenvalue weighted by atomic mass is 16.5. The van der Waals surface area contributed by atoms with Crippen molar-refractivity contribution in [2.45, 2.75) is 57.8 Å². The van der Waals surface area contributed by atoms with Gasteiger partial charge >= 0.3 is 0 Å². The summed E-state index contributed by atoms with van der Waals surface area (Å²) in [6.45, 7) is 8.76. The van der Waals surface area contributed by atoms with Crippen LogP contribution in [0.1, 0.15) is 39.5 Å². The second-order valence-electron chi connectivity index (χ2n) is 5.64. The predicted molar refractivity (Wildman–Crippen MR) is 75.4 cm³/mol. The van der Waals surface area contributed by atoms with Crippen LogP contribution in [0, 0.1) is 5.92 Å². The molecule has 4 heteroatoms. The lowest BCUT2D eigenvalue weighted by Gasteiger charge is -2.44. The van der Waals surface area contributed by atoms with Crippen LogP contribution in [0.25, 0.3) is 0 Å². The van der Waals surface area contributed by atoms with E-state index < -0.39 is 0 Å². The fourth-order valence-corrected chi connectivity index (χ4v) is 2.86. The zero-order valence-electron chi connectivity index (χ0n) is 12.4. The van der Waals surface area contributed by atoms with E-state index in [1.54, 1.807) is 0 Å². The number of hydrogen-bond acceptors (Lipinski definition) is 4. The second-order valence-corrected chi connectivity index (χ2v) is 5.64. The predicted octanol–water partition coefficient (Wildman–Crippen LogP) is 1.98. The minimum absolute atomic E-state index is 0.247. The van der Waals surface area contributed by atoms with E-state index in [1.165, 1.54) is 6.42 Å². The van der Waals surface area contributed by atoms with Crippen LogP contribution < -0.4 is 5.32 Å². The quantitative estimate of drug-likeness (QED) is 0.733. The van der Waals surface area contributed by atoms with Crippen LogP contribution >= 0.6 is 0 Å². The summed E-state index contributed by atoms with van der Waals surface area (Å²) in [6.07, 6.45) is 5.08. The summed E-state index contributed by atoms with van der Waals surface area (Å²) in [5.41, 5.74) is 0. The molecule has 0 radical (unpaired) electrons. The first-order valence-corrected chi connectivity index (χ1v) is 7.89. The molecule has 0 aromatic rings. The highest BCUT2D eigenvalue weighted by molar-refractivity contribution is 4.97. The minimum Gasteiger partial charge on any atom is -0.381 e. The van der Waals surface area contributed by atoms with Crippen LogP contribution in [0.15, 0.2) is 0 Å². The third kappa shape index (κ3) is 4.42. The van der Waals surface area contributed by atoms with Crippen LogP contribution in [0.5, 0.6) is 0 Å². The van der Waals surface area contributed by atoms with Crippen LogP contribution in [-0.4, -0.2) is 51.2 Å². The van der Waals surface area contributed by atoms with Crippen LogP contribution in [-0.2, 0) is 14.2 Å². The maximum Gasteiger partial charge on any atom is 0.0990 e. The molecule has 0 aromatic carbocycles. The highest BCUT2D eigenvalue weighted by Gasteiger charge is 2.42. The molecule has 1 aliphatic heterocycles. The molecule has 2 rings (SSSR count). The zero-order valence-corrected chi connectivity index (χ0v) is 12.4.